The largest absolute Gasteiger partial charge is 0.504 e. The van der Waals surface area contributed by atoms with Gasteiger partial charge in [-0.3, -0.25) is 4.79 Å². The number of carbonyl (C=O) groups excluding carboxylic acids is 1. The predicted molar refractivity (Wildman–Crippen MR) is 107 cm³/mol. The molecule has 0 radical (unpaired) electrons. The lowest BCUT2D eigenvalue weighted by atomic mass is 10.2. The number of aromatic nitrogens is 5. The number of carbonyl (C=O) groups is 1. The molecule has 12 nitrogen and oxygen atoms in total. The lowest BCUT2D eigenvalue weighted by molar-refractivity contribution is 0.0951. The maximum absolute atomic E-state index is 12.7. The van der Waals surface area contributed by atoms with E-state index in [0.717, 1.165) is 0 Å². The van der Waals surface area contributed by atoms with Crippen molar-refractivity contribution < 1.29 is 19.3 Å². The molecule has 0 aliphatic carbocycles. The summed E-state index contributed by atoms with van der Waals surface area (Å²) in [5.41, 5.74) is 9.06. The average Bonchev–Trinajstić information content (AvgIpc) is 3.48. The average molecular weight is 426 g/mol. The molecule has 0 fully saturated rings. The zero-order valence-electron chi connectivity index (χ0n) is 15.4. The summed E-state index contributed by atoms with van der Waals surface area (Å²) >= 11 is 1.38. The van der Waals surface area contributed by atoms with Crippen molar-refractivity contribution in [3.05, 3.63) is 47.0 Å². The van der Waals surface area contributed by atoms with Crippen LogP contribution in [0.4, 0.5) is 5.82 Å². The molecule has 3 aromatic heterocycles. The van der Waals surface area contributed by atoms with E-state index in [1.54, 1.807) is 18.2 Å². The molecule has 152 valence electrons. The van der Waals surface area contributed by atoms with Crippen LogP contribution < -0.4 is 15.9 Å². The zero-order chi connectivity index (χ0) is 21.1. The number of methoxy groups -OCH3 is 1. The van der Waals surface area contributed by atoms with Gasteiger partial charge in [0.25, 0.3) is 5.91 Å². The summed E-state index contributed by atoms with van der Waals surface area (Å²) in [5.74, 6) is -0.206. The van der Waals surface area contributed by atoms with Crippen molar-refractivity contribution in [2.24, 2.45) is 5.10 Å². The van der Waals surface area contributed by atoms with Crippen LogP contribution in [0.25, 0.3) is 16.4 Å². The van der Waals surface area contributed by atoms with Gasteiger partial charge >= 0.3 is 0 Å². The number of nitrogen functional groups attached to an aromatic ring is 1. The second kappa shape index (κ2) is 8.00. The number of amides is 1. The third-order valence-corrected chi connectivity index (χ3v) is 4.80. The van der Waals surface area contributed by atoms with E-state index in [9.17, 15) is 9.90 Å². The summed E-state index contributed by atoms with van der Waals surface area (Å²) in [6, 6.07) is 8.31. The Morgan fingerprint density at radius 3 is 2.93 bits per heavy atom. The molecule has 0 saturated heterocycles. The number of thiophene rings is 1. The molecule has 0 bridgehead atoms. The fourth-order valence-corrected chi connectivity index (χ4v) is 3.32. The number of nitrogens with one attached hydrogen (secondary N) is 1. The van der Waals surface area contributed by atoms with E-state index in [4.69, 9.17) is 10.5 Å². The van der Waals surface area contributed by atoms with Gasteiger partial charge in [-0.15, -0.1) is 16.4 Å². The van der Waals surface area contributed by atoms with Crippen molar-refractivity contribution in [1.29, 1.82) is 0 Å². The highest BCUT2D eigenvalue weighted by Crippen LogP contribution is 2.30. The third kappa shape index (κ3) is 3.56. The molecule has 13 heteroatoms. The molecule has 1 amide bonds. The van der Waals surface area contributed by atoms with Crippen molar-refractivity contribution in [3.63, 3.8) is 0 Å². The van der Waals surface area contributed by atoms with E-state index >= 15 is 0 Å². The second-order valence-electron chi connectivity index (χ2n) is 5.78. The number of nitrogens with two attached hydrogens (primary N) is 1. The van der Waals surface area contributed by atoms with E-state index in [-0.39, 0.29) is 23.1 Å². The Hall–Kier alpha value is -4.26. The van der Waals surface area contributed by atoms with Crippen molar-refractivity contribution in [3.8, 4) is 27.9 Å². The molecule has 4 N–H and O–H groups in total. The number of aromatic hydroxyl groups is 1. The number of hydrazone groups is 1. The molecule has 0 spiro atoms. The van der Waals surface area contributed by atoms with Crippen LogP contribution in [0, 0.1) is 0 Å². The van der Waals surface area contributed by atoms with Crippen LogP contribution in [0.15, 0.2) is 45.4 Å². The van der Waals surface area contributed by atoms with Gasteiger partial charge in [0.1, 0.15) is 5.69 Å². The van der Waals surface area contributed by atoms with Crippen LogP contribution in [0.3, 0.4) is 0 Å². The minimum atomic E-state index is -0.603. The lowest BCUT2D eigenvalue weighted by Gasteiger charge is -2.04. The molecule has 4 rings (SSSR count). The number of benzene rings is 1. The Balaban J connectivity index is 1.61. The van der Waals surface area contributed by atoms with E-state index in [1.807, 2.05) is 11.4 Å². The maximum atomic E-state index is 12.7. The lowest BCUT2D eigenvalue weighted by Crippen LogP contribution is -2.19. The zero-order valence-corrected chi connectivity index (χ0v) is 16.2. The van der Waals surface area contributed by atoms with Gasteiger partial charge in [0.05, 0.1) is 18.2 Å². The van der Waals surface area contributed by atoms with Gasteiger partial charge in [0, 0.05) is 0 Å². The van der Waals surface area contributed by atoms with Crippen molar-refractivity contribution >= 4 is 29.3 Å². The Kier molecular flexibility index (Phi) is 5.09. The van der Waals surface area contributed by atoms with Gasteiger partial charge in [0.2, 0.25) is 11.6 Å². The van der Waals surface area contributed by atoms with Crippen LogP contribution >= 0.6 is 11.3 Å². The number of phenols is 1. The highest BCUT2D eigenvalue weighted by molar-refractivity contribution is 7.13. The molecule has 1 aromatic carbocycles. The van der Waals surface area contributed by atoms with Crippen molar-refractivity contribution in [2.45, 2.75) is 0 Å². The smallest absolute Gasteiger partial charge is 0.294 e. The minimum absolute atomic E-state index is 0.00185. The molecule has 0 aliphatic rings. The number of hydrogen-bond donors (Lipinski definition) is 3. The van der Waals surface area contributed by atoms with Crippen LogP contribution in [0.5, 0.6) is 11.5 Å². The van der Waals surface area contributed by atoms with Gasteiger partial charge in [-0.05, 0) is 45.5 Å². The fourth-order valence-electron chi connectivity index (χ4n) is 2.56. The number of hydrogen-bond acceptors (Lipinski definition) is 11. The van der Waals surface area contributed by atoms with Crippen molar-refractivity contribution in [1.82, 2.24) is 30.7 Å². The number of nitrogens with zero attached hydrogens (tertiary/aromatic N) is 6. The summed E-state index contributed by atoms with van der Waals surface area (Å²) in [5, 5.41) is 30.7. The number of ether oxygens (including phenoxy) is 1. The Bertz CT molecular complexity index is 1210. The molecule has 0 unspecified atom stereocenters. The summed E-state index contributed by atoms with van der Waals surface area (Å²) < 4.78 is 10.9. The standard InChI is InChI=1S/C17H14N8O4S/c1-28-11-5-4-9(7-10(11)26)8-19-21-17(27)13-14(12-3-2-6-30-12)25(24-20-13)16-15(18)22-29-23-16/h2-8,26H,1H3,(H2,18,22)(H,21,27). The van der Waals surface area contributed by atoms with E-state index < -0.39 is 5.91 Å². The van der Waals surface area contributed by atoms with Crippen LogP contribution in [-0.2, 0) is 0 Å². The molecule has 30 heavy (non-hydrogen) atoms. The molecular weight excluding hydrogens is 412 g/mol. The predicted octanol–water partition coefficient (Wildman–Crippen LogP) is 1.44. The molecule has 3 heterocycles. The minimum Gasteiger partial charge on any atom is -0.504 e. The van der Waals surface area contributed by atoms with Gasteiger partial charge in [-0.1, -0.05) is 11.3 Å². The number of phenolic OH excluding ortho intramolecular Hbond substituents is 1. The second-order valence-corrected chi connectivity index (χ2v) is 6.73. The van der Waals surface area contributed by atoms with Crippen LogP contribution in [0.2, 0.25) is 0 Å². The van der Waals surface area contributed by atoms with Gasteiger partial charge in [0.15, 0.2) is 17.2 Å². The van der Waals surface area contributed by atoms with Crippen LogP contribution in [0.1, 0.15) is 16.1 Å². The van der Waals surface area contributed by atoms with Crippen molar-refractivity contribution in [2.75, 3.05) is 12.8 Å². The first kappa shape index (κ1) is 19.1. The first-order valence-electron chi connectivity index (χ1n) is 8.37. The first-order valence-corrected chi connectivity index (χ1v) is 9.25. The Morgan fingerprint density at radius 1 is 1.40 bits per heavy atom. The Labute approximate surface area is 172 Å². The SMILES string of the molecule is COc1ccc(C=NNC(=O)c2nnn(-c3nonc3N)c2-c2cccs2)cc1O. The number of anilines is 1. The normalized spacial score (nSPS) is 11.1. The van der Waals surface area contributed by atoms with E-state index in [0.29, 0.717) is 21.9 Å². The molecular formula is C17H14N8O4S. The highest BCUT2D eigenvalue weighted by atomic mass is 32.1. The molecule has 4 aromatic rings. The summed E-state index contributed by atoms with van der Waals surface area (Å²) in [6.45, 7) is 0. The van der Waals surface area contributed by atoms with Crippen LogP contribution in [-0.4, -0.2) is 49.6 Å². The summed E-state index contributed by atoms with van der Waals surface area (Å²) in [4.78, 5) is 13.4. The number of rotatable bonds is 6. The quantitative estimate of drug-likeness (QED) is 0.305. The highest BCUT2D eigenvalue weighted by Gasteiger charge is 2.25. The van der Waals surface area contributed by atoms with Gasteiger partial charge in [-0.2, -0.15) is 9.78 Å². The monoisotopic (exact) mass is 426 g/mol. The molecule has 0 aliphatic heterocycles. The van der Waals surface area contributed by atoms with Gasteiger partial charge < -0.3 is 15.6 Å². The third-order valence-electron chi connectivity index (χ3n) is 3.92. The maximum Gasteiger partial charge on any atom is 0.294 e. The first-order chi connectivity index (χ1) is 14.6. The molecule has 0 saturated carbocycles. The topological polar surface area (TPSA) is 167 Å². The Morgan fingerprint density at radius 2 is 2.27 bits per heavy atom. The van der Waals surface area contributed by atoms with Gasteiger partial charge in [-0.25, -0.2) is 10.1 Å². The molecule has 0 atom stereocenters. The van der Waals surface area contributed by atoms with E-state index in [2.05, 4.69) is 35.8 Å². The summed E-state index contributed by atoms with van der Waals surface area (Å²) in [7, 11) is 1.45. The van der Waals surface area contributed by atoms with E-state index in [1.165, 1.54) is 35.4 Å². The summed E-state index contributed by atoms with van der Waals surface area (Å²) in [6.07, 6.45) is 1.37. The fraction of sp³-hybridized carbons (Fsp3) is 0.0588.